The number of aromatic nitrogens is 2. The summed E-state index contributed by atoms with van der Waals surface area (Å²) in [6.45, 7) is 1.64. The molecule has 0 radical (unpaired) electrons. The van der Waals surface area contributed by atoms with Gasteiger partial charge in [-0.2, -0.15) is 13.2 Å². The van der Waals surface area contributed by atoms with Crippen LogP contribution in [0, 0.1) is 0 Å². The van der Waals surface area contributed by atoms with Gasteiger partial charge in [0.05, 0.1) is 0 Å². The fourth-order valence-electron chi connectivity index (χ4n) is 4.50. The average Bonchev–Trinajstić information content (AvgIpc) is 3.45. The van der Waals surface area contributed by atoms with E-state index in [2.05, 4.69) is 9.97 Å². The van der Waals surface area contributed by atoms with Gasteiger partial charge in [-0.25, -0.2) is 9.97 Å². The molecule has 1 atom stereocenters. The summed E-state index contributed by atoms with van der Waals surface area (Å²) in [5, 5.41) is 11.0. The number of carbonyl (C=O) groups excluding carboxylic acids is 2. The van der Waals surface area contributed by atoms with Crippen LogP contribution >= 0.6 is 11.6 Å². The highest BCUT2D eigenvalue weighted by molar-refractivity contribution is 6.30. The first-order chi connectivity index (χ1) is 19.6. The lowest BCUT2D eigenvalue weighted by Crippen LogP contribution is -2.50. The van der Waals surface area contributed by atoms with E-state index in [1.54, 1.807) is 71.6 Å². The molecule has 212 valence electrons. The fraction of sp³-hybridized carbons (Fsp3) is 0.241. The number of alkyl halides is 3. The number of piperazine rings is 1. The molecule has 1 N–H and O–H groups in total. The zero-order valence-corrected chi connectivity index (χ0v) is 22.3. The topological polar surface area (TPSA) is 99.8 Å². The number of oxazole rings is 1. The van der Waals surface area contributed by atoms with Gasteiger partial charge in [-0.1, -0.05) is 48.0 Å². The third-order valence-corrected chi connectivity index (χ3v) is 6.93. The number of carbonyl (C=O) groups is 2. The van der Waals surface area contributed by atoms with Crippen molar-refractivity contribution in [3.05, 3.63) is 101 Å². The summed E-state index contributed by atoms with van der Waals surface area (Å²) < 4.78 is 46.2. The number of pyridine rings is 1. The second kappa shape index (κ2) is 11.7. The van der Waals surface area contributed by atoms with Crippen molar-refractivity contribution in [3.8, 4) is 11.5 Å². The van der Waals surface area contributed by atoms with Crippen molar-refractivity contribution in [3.63, 3.8) is 0 Å². The van der Waals surface area contributed by atoms with Gasteiger partial charge in [0, 0.05) is 49.4 Å². The molecular formula is C29H24ClF3N4O4. The first-order valence-electron chi connectivity index (χ1n) is 12.7. The van der Waals surface area contributed by atoms with Gasteiger partial charge in [-0.3, -0.25) is 9.59 Å². The highest BCUT2D eigenvalue weighted by Crippen LogP contribution is 2.35. The van der Waals surface area contributed by atoms with Crippen LogP contribution in [0.4, 0.5) is 19.0 Å². The first-order valence-corrected chi connectivity index (χ1v) is 13.1. The van der Waals surface area contributed by atoms with Crippen molar-refractivity contribution in [2.45, 2.75) is 18.7 Å². The Morgan fingerprint density at radius 3 is 2.27 bits per heavy atom. The van der Waals surface area contributed by atoms with Gasteiger partial charge in [0.25, 0.3) is 5.91 Å². The van der Waals surface area contributed by atoms with Crippen LogP contribution in [-0.4, -0.2) is 57.8 Å². The molecule has 1 fully saturated rings. The number of halogens is 4. The average molecular weight is 585 g/mol. The Balaban J connectivity index is 1.21. The molecule has 0 saturated carbocycles. The summed E-state index contributed by atoms with van der Waals surface area (Å²) in [6.07, 6.45) is -5.08. The Hall–Kier alpha value is -4.22. The number of aliphatic hydroxyl groups is 1. The second-order valence-electron chi connectivity index (χ2n) is 9.45. The zero-order valence-electron chi connectivity index (χ0n) is 21.5. The number of amides is 1. The van der Waals surface area contributed by atoms with Gasteiger partial charge in [-0.05, 0) is 41.5 Å². The summed E-state index contributed by atoms with van der Waals surface area (Å²) >= 11 is 5.87. The number of aliphatic hydroxyl groups excluding tert-OH is 1. The molecule has 1 amide bonds. The molecule has 3 heterocycles. The van der Waals surface area contributed by atoms with Crippen molar-refractivity contribution in [2.24, 2.45) is 0 Å². The summed E-state index contributed by atoms with van der Waals surface area (Å²) in [4.78, 5) is 37.0. The molecule has 8 nitrogen and oxygen atoms in total. The van der Waals surface area contributed by atoms with Gasteiger partial charge in [-0.15, -0.1) is 0 Å². The van der Waals surface area contributed by atoms with Crippen molar-refractivity contribution in [2.75, 3.05) is 31.1 Å². The van der Waals surface area contributed by atoms with E-state index < -0.39 is 35.4 Å². The van der Waals surface area contributed by atoms with E-state index in [0.717, 1.165) is 0 Å². The van der Waals surface area contributed by atoms with Crippen molar-refractivity contribution < 1.29 is 32.3 Å². The lowest BCUT2D eigenvalue weighted by Gasteiger charge is -2.36. The predicted octanol–water partition coefficient (Wildman–Crippen LogP) is 5.22. The van der Waals surface area contributed by atoms with Crippen LogP contribution < -0.4 is 4.90 Å². The van der Waals surface area contributed by atoms with E-state index in [4.69, 9.17) is 16.0 Å². The molecule has 5 rings (SSSR count). The summed E-state index contributed by atoms with van der Waals surface area (Å²) in [7, 11) is 0. The number of ketones is 1. The van der Waals surface area contributed by atoms with Gasteiger partial charge >= 0.3 is 6.18 Å². The minimum absolute atomic E-state index is 0.284. The molecule has 4 aromatic rings. The van der Waals surface area contributed by atoms with Crippen molar-refractivity contribution in [1.29, 1.82) is 0 Å². The molecule has 1 aliphatic rings. The normalized spacial score (nSPS) is 14.7. The van der Waals surface area contributed by atoms with E-state index in [1.807, 2.05) is 4.90 Å². The van der Waals surface area contributed by atoms with Gasteiger partial charge in [0.1, 0.15) is 5.82 Å². The van der Waals surface area contributed by atoms with E-state index in [0.29, 0.717) is 53.7 Å². The third kappa shape index (κ3) is 6.41. The Morgan fingerprint density at radius 1 is 0.976 bits per heavy atom. The van der Waals surface area contributed by atoms with Crippen molar-refractivity contribution >= 4 is 29.1 Å². The van der Waals surface area contributed by atoms with Crippen LogP contribution in [0.15, 0.2) is 77.3 Å². The van der Waals surface area contributed by atoms with Crippen molar-refractivity contribution in [1.82, 2.24) is 14.9 Å². The van der Waals surface area contributed by atoms with Gasteiger partial charge in [0.2, 0.25) is 17.4 Å². The zero-order chi connectivity index (χ0) is 29.1. The molecule has 2 aromatic carbocycles. The quantitative estimate of drug-likeness (QED) is 0.297. The highest BCUT2D eigenvalue weighted by Gasteiger charge is 2.41. The number of Topliss-reactive ketones (excluding diaryl/α,β-unsaturated/α-hetero) is 1. The Bertz CT molecular complexity index is 1520. The predicted molar refractivity (Wildman–Crippen MR) is 144 cm³/mol. The lowest BCUT2D eigenvalue weighted by molar-refractivity contribution is -0.142. The maximum Gasteiger partial charge on any atom is 0.437 e. The van der Waals surface area contributed by atoms with Gasteiger partial charge < -0.3 is 19.3 Å². The molecule has 1 unspecified atom stereocenters. The fourth-order valence-corrected chi connectivity index (χ4v) is 4.62. The standard InChI is InChI=1S/C29H24ClF3N4O4/c30-21-9-7-19(8-10-21)24(39)28(40)37-14-12-36(13-15-37)23-11-6-18(17-34-23)16-22(38)25-26(29(31,32)33)35-27(41-25)20-4-2-1-3-5-20/h1-11,17,24,39H,12-16H2. The van der Waals surface area contributed by atoms with Crippen LogP contribution in [0.2, 0.25) is 5.02 Å². The van der Waals surface area contributed by atoms with Crippen LogP contribution in [0.1, 0.15) is 33.5 Å². The number of benzene rings is 2. The first kappa shape index (κ1) is 28.3. The third-order valence-electron chi connectivity index (χ3n) is 6.68. The molecule has 0 spiro atoms. The molecule has 1 aliphatic heterocycles. The number of rotatable bonds is 7. The lowest BCUT2D eigenvalue weighted by atomic mass is 10.1. The van der Waals surface area contributed by atoms with Crippen LogP contribution in [-0.2, 0) is 17.4 Å². The van der Waals surface area contributed by atoms with Crippen LogP contribution in [0.3, 0.4) is 0 Å². The van der Waals surface area contributed by atoms with Gasteiger partial charge in [0.15, 0.2) is 11.8 Å². The number of anilines is 1. The maximum atomic E-state index is 13.6. The molecule has 12 heteroatoms. The molecule has 0 aliphatic carbocycles. The van der Waals surface area contributed by atoms with Crippen LogP contribution in [0.5, 0.6) is 0 Å². The molecule has 1 saturated heterocycles. The summed E-state index contributed by atoms with van der Waals surface area (Å²) in [5.41, 5.74) is -0.175. The molecule has 41 heavy (non-hydrogen) atoms. The van der Waals surface area contributed by atoms with E-state index >= 15 is 0 Å². The van der Waals surface area contributed by atoms with E-state index in [-0.39, 0.29) is 12.3 Å². The SMILES string of the molecule is O=C(Cc1ccc(N2CCN(C(=O)C(O)c3ccc(Cl)cc3)CC2)nc1)c1oc(-c2ccccc2)nc1C(F)(F)F. The van der Waals surface area contributed by atoms with E-state index in [1.165, 1.54) is 6.20 Å². The minimum Gasteiger partial charge on any atom is -0.432 e. The van der Waals surface area contributed by atoms with Crippen LogP contribution in [0.25, 0.3) is 11.5 Å². The minimum atomic E-state index is -4.86. The Kier molecular flexibility index (Phi) is 8.09. The maximum absolute atomic E-state index is 13.6. The number of hydrogen-bond donors (Lipinski definition) is 1. The number of nitrogens with zero attached hydrogens (tertiary/aromatic N) is 4. The molecule has 0 bridgehead atoms. The highest BCUT2D eigenvalue weighted by atomic mass is 35.5. The second-order valence-corrected chi connectivity index (χ2v) is 9.89. The van der Waals surface area contributed by atoms with E-state index in [9.17, 15) is 27.9 Å². The summed E-state index contributed by atoms with van der Waals surface area (Å²) in [5.74, 6) is -1.81. The smallest absolute Gasteiger partial charge is 0.432 e. The Morgan fingerprint density at radius 2 is 1.66 bits per heavy atom. The monoisotopic (exact) mass is 584 g/mol. The number of hydrogen-bond acceptors (Lipinski definition) is 7. The summed E-state index contributed by atoms with van der Waals surface area (Å²) in [6, 6.07) is 17.7. The molecule has 2 aromatic heterocycles. The Labute approximate surface area is 238 Å². The largest absolute Gasteiger partial charge is 0.437 e. The molecular weight excluding hydrogens is 561 g/mol.